The Labute approximate surface area is 115 Å². The van der Waals surface area contributed by atoms with Crippen molar-refractivity contribution in [3.8, 4) is 0 Å². The Balaban J connectivity index is 2.14. The number of hydrogen-bond donors (Lipinski definition) is 1. The summed E-state index contributed by atoms with van der Waals surface area (Å²) in [7, 11) is -1.75. The van der Waals surface area contributed by atoms with Crippen molar-refractivity contribution in [3.63, 3.8) is 0 Å². The average molecular weight is 285 g/mol. The van der Waals surface area contributed by atoms with Gasteiger partial charge in [-0.1, -0.05) is 13.8 Å². The second-order valence-corrected chi connectivity index (χ2v) is 7.45. The number of nitrogens with zero attached hydrogens (tertiary/aromatic N) is 2. The van der Waals surface area contributed by atoms with Crippen molar-refractivity contribution < 1.29 is 8.42 Å². The van der Waals surface area contributed by atoms with E-state index in [0.717, 1.165) is 25.7 Å². The van der Waals surface area contributed by atoms with E-state index in [1.807, 2.05) is 6.92 Å². The maximum Gasteiger partial charge on any atom is 0.260 e. The predicted octanol–water partition coefficient (Wildman–Crippen LogP) is 2.17. The lowest BCUT2D eigenvalue weighted by atomic mass is 9.87. The van der Waals surface area contributed by atoms with Gasteiger partial charge in [-0.3, -0.25) is 0 Å². The minimum absolute atomic E-state index is 0.120. The molecule has 1 saturated carbocycles. The van der Waals surface area contributed by atoms with Gasteiger partial charge in [-0.15, -0.1) is 0 Å². The summed E-state index contributed by atoms with van der Waals surface area (Å²) in [5, 5.41) is 0.213. The third-order valence-corrected chi connectivity index (χ3v) is 5.92. The van der Waals surface area contributed by atoms with Crippen LogP contribution in [0, 0.1) is 5.92 Å². The zero-order valence-electron chi connectivity index (χ0n) is 11.9. The summed E-state index contributed by atoms with van der Waals surface area (Å²) in [6, 6.07) is 0.120. The van der Waals surface area contributed by atoms with Gasteiger partial charge in [0.1, 0.15) is 5.82 Å². The first-order valence-corrected chi connectivity index (χ1v) is 8.41. The molecule has 6 heteroatoms. The van der Waals surface area contributed by atoms with Gasteiger partial charge in [-0.25, -0.2) is 13.4 Å². The Hall–Kier alpha value is -0.880. The smallest absolute Gasteiger partial charge is 0.260 e. The molecule has 0 unspecified atom stereocenters. The molecule has 1 N–H and O–H groups in total. The van der Waals surface area contributed by atoms with Crippen LogP contribution in [-0.2, 0) is 16.4 Å². The number of hydrogen-bond acceptors (Lipinski definition) is 3. The van der Waals surface area contributed by atoms with Crippen LogP contribution in [0.25, 0.3) is 0 Å². The molecule has 1 aliphatic carbocycles. The topological polar surface area (TPSA) is 66.1 Å². The molecule has 5 nitrogen and oxygen atoms in total. The minimum atomic E-state index is -3.43. The third-order valence-electron chi connectivity index (χ3n) is 4.10. The summed E-state index contributed by atoms with van der Waals surface area (Å²) >= 11 is 0. The van der Waals surface area contributed by atoms with E-state index in [4.69, 9.17) is 0 Å². The van der Waals surface area contributed by atoms with Gasteiger partial charge in [-0.05, 0) is 31.6 Å². The first kappa shape index (κ1) is 14.5. The number of aromatic amines is 1. The molecule has 0 spiro atoms. The standard InChI is InChI=1S/C13H23N3O2S/c1-4-12-14-9-13(15-12)19(17,18)16(3)11-7-5-10(2)6-8-11/h9-11H,4-8H2,1-3H3,(H,14,15). The SMILES string of the molecule is CCc1ncc(S(=O)(=O)N(C)C2CCC(C)CC2)[nH]1. The zero-order valence-corrected chi connectivity index (χ0v) is 12.7. The molecule has 0 amide bonds. The van der Waals surface area contributed by atoms with Crippen molar-refractivity contribution in [2.75, 3.05) is 7.05 Å². The van der Waals surface area contributed by atoms with Crippen LogP contribution in [0.4, 0.5) is 0 Å². The molecular weight excluding hydrogens is 262 g/mol. The van der Waals surface area contributed by atoms with Crippen LogP contribution in [0.2, 0.25) is 0 Å². The summed E-state index contributed by atoms with van der Waals surface area (Å²) in [4.78, 5) is 6.97. The van der Waals surface area contributed by atoms with Crippen LogP contribution < -0.4 is 0 Å². The van der Waals surface area contributed by atoms with E-state index in [9.17, 15) is 8.42 Å². The van der Waals surface area contributed by atoms with Gasteiger partial charge in [0.2, 0.25) is 0 Å². The van der Waals surface area contributed by atoms with E-state index in [1.165, 1.54) is 10.5 Å². The van der Waals surface area contributed by atoms with Crippen LogP contribution in [-0.4, -0.2) is 35.8 Å². The van der Waals surface area contributed by atoms with Gasteiger partial charge in [0.25, 0.3) is 10.0 Å². The highest BCUT2D eigenvalue weighted by Gasteiger charge is 2.31. The molecule has 0 saturated heterocycles. The lowest BCUT2D eigenvalue weighted by molar-refractivity contribution is 0.245. The van der Waals surface area contributed by atoms with E-state index in [0.29, 0.717) is 18.2 Å². The number of nitrogens with one attached hydrogen (secondary N) is 1. The number of sulfonamides is 1. The van der Waals surface area contributed by atoms with E-state index < -0.39 is 10.0 Å². The zero-order chi connectivity index (χ0) is 14.0. The molecule has 1 heterocycles. The number of rotatable bonds is 4. The Morgan fingerprint density at radius 2 is 2.00 bits per heavy atom. The lowest BCUT2D eigenvalue weighted by Crippen LogP contribution is -2.39. The van der Waals surface area contributed by atoms with Crippen molar-refractivity contribution in [2.45, 2.75) is 57.0 Å². The number of aromatic nitrogens is 2. The fraction of sp³-hybridized carbons (Fsp3) is 0.769. The van der Waals surface area contributed by atoms with Gasteiger partial charge in [0, 0.05) is 19.5 Å². The fourth-order valence-electron chi connectivity index (χ4n) is 2.61. The monoisotopic (exact) mass is 285 g/mol. The summed E-state index contributed by atoms with van der Waals surface area (Å²) in [5.41, 5.74) is 0. The van der Waals surface area contributed by atoms with Crippen LogP contribution in [0.1, 0.15) is 45.4 Å². The van der Waals surface area contributed by atoms with Gasteiger partial charge in [-0.2, -0.15) is 4.31 Å². The van der Waals surface area contributed by atoms with E-state index in [2.05, 4.69) is 16.9 Å². The fourth-order valence-corrected chi connectivity index (χ4v) is 3.96. The quantitative estimate of drug-likeness (QED) is 0.922. The maximum atomic E-state index is 12.5. The first-order chi connectivity index (χ1) is 8.95. The summed E-state index contributed by atoms with van der Waals surface area (Å²) in [6.45, 7) is 4.18. The molecule has 1 aromatic heterocycles. The summed E-state index contributed by atoms with van der Waals surface area (Å²) in [5.74, 6) is 1.43. The molecule has 19 heavy (non-hydrogen) atoms. The van der Waals surface area contributed by atoms with Crippen molar-refractivity contribution in [2.24, 2.45) is 5.92 Å². The van der Waals surface area contributed by atoms with Crippen LogP contribution >= 0.6 is 0 Å². The van der Waals surface area contributed by atoms with Gasteiger partial charge in [0.15, 0.2) is 5.03 Å². The average Bonchev–Trinajstić information content (AvgIpc) is 2.88. The third kappa shape index (κ3) is 3.00. The largest absolute Gasteiger partial charge is 0.332 e. The summed E-state index contributed by atoms with van der Waals surface area (Å²) < 4.78 is 26.5. The maximum absolute atomic E-state index is 12.5. The molecule has 0 aliphatic heterocycles. The molecule has 0 radical (unpaired) electrons. The number of H-pyrrole nitrogens is 1. The molecule has 0 aromatic carbocycles. The highest BCUT2D eigenvalue weighted by molar-refractivity contribution is 7.89. The highest BCUT2D eigenvalue weighted by Crippen LogP contribution is 2.29. The molecular formula is C13H23N3O2S. The number of aryl methyl sites for hydroxylation is 1. The molecule has 108 valence electrons. The Bertz CT molecular complexity index is 516. The van der Waals surface area contributed by atoms with Crippen molar-refractivity contribution in [1.82, 2.24) is 14.3 Å². The van der Waals surface area contributed by atoms with Crippen LogP contribution in [0.15, 0.2) is 11.2 Å². The van der Waals surface area contributed by atoms with Gasteiger partial charge >= 0.3 is 0 Å². The van der Waals surface area contributed by atoms with Crippen molar-refractivity contribution >= 4 is 10.0 Å². The minimum Gasteiger partial charge on any atom is -0.332 e. The van der Waals surface area contributed by atoms with Crippen molar-refractivity contribution in [3.05, 3.63) is 12.0 Å². The second-order valence-electron chi connectivity index (χ2n) is 5.48. The van der Waals surface area contributed by atoms with E-state index >= 15 is 0 Å². The van der Waals surface area contributed by atoms with Gasteiger partial charge in [0.05, 0.1) is 6.20 Å². The molecule has 1 aromatic rings. The van der Waals surface area contributed by atoms with Crippen molar-refractivity contribution in [1.29, 1.82) is 0 Å². The predicted molar refractivity (Wildman–Crippen MR) is 74.3 cm³/mol. The molecule has 2 rings (SSSR count). The number of imidazole rings is 1. The van der Waals surface area contributed by atoms with E-state index in [1.54, 1.807) is 7.05 Å². The lowest BCUT2D eigenvalue weighted by Gasteiger charge is -2.32. The Morgan fingerprint density at radius 1 is 1.37 bits per heavy atom. The normalized spacial score (nSPS) is 24.8. The first-order valence-electron chi connectivity index (χ1n) is 6.97. The molecule has 0 atom stereocenters. The van der Waals surface area contributed by atoms with Crippen LogP contribution in [0.5, 0.6) is 0 Å². The Kier molecular flexibility index (Phi) is 4.30. The molecule has 0 bridgehead atoms. The van der Waals surface area contributed by atoms with Gasteiger partial charge < -0.3 is 4.98 Å². The molecule has 1 fully saturated rings. The second kappa shape index (κ2) is 5.63. The van der Waals surface area contributed by atoms with Crippen LogP contribution in [0.3, 0.4) is 0 Å². The highest BCUT2D eigenvalue weighted by atomic mass is 32.2. The van der Waals surface area contributed by atoms with E-state index in [-0.39, 0.29) is 11.1 Å². The molecule has 1 aliphatic rings. The summed E-state index contributed by atoms with van der Waals surface area (Å²) in [6.07, 6.45) is 6.25. The Morgan fingerprint density at radius 3 is 2.53 bits per heavy atom.